The summed E-state index contributed by atoms with van der Waals surface area (Å²) >= 11 is 0. The first-order valence-electron chi connectivity index (χ1n) is 7.67. The number of nitriles is 1. The van der Waals surface area contributed by atoms with Gasteiger partial charge in [0.2, 0.25) is 0 Å². The fraction of sp³-hybridized carbons (Fsp3) is 0.278. The Kier molecular flexibility index (Phi) is 4.24. The van der Waals surface area contributed by atoms with Crippen LogP contribution in [0.25, 0.3) is 0 Å². The number of benzene rings is 2. The van der Waals surface area contributed by atoms with Gasteiger partial charge in [0, 0.05) is 24.8 Å². The maximum absolute atomic E-state index is 10.9. The van der Waals surface area contributed by atoms with Crippen LogP contribution in [0.15, 0.2) is 48.5 Å². The van der Waals surface area contributed by atoms with Crippen LogP contribution in [0.3, 0.4) is 0 Å². The largest absolute Gasteiger partial charge is 0.371 e. The molecule has 5 nitrogen and oxygen atoms in total. The Morgan fingerprint density at radius 3 is 2.43 bits per heavy atom. The van der Waals surface area contributed by atoms with Crippen LogP contribution in [0, 0.1) is 21.4 Å². The number of nitrogens with zero attached hydrogens (tertiary/aromatic N) is 3. The maximum atomic E-state index is 10.9. The molecule has 0 aliphatic carbocycles. The van der Waals surface area contributed by atoms with E-state index >= 15 is 0 Å². The summed E-state index contributed by atoms with van der Waals surface area (Å²) in [5, 5.41) is 20.0. The lowest BCUT2D eigenvalue weighted by Crippen LogP contribution is -2.32. The predicted octanol–water partition coefficient (Wildman–Crippen LogP) is 3.85. The van der Waals surface area contributed by atoms with Crippen molar-refractivity contribution in [2.75, 3.05) is 18.0 Å². The van der Waals surface area contributed by atoms with Crippen molar-refractivity contribution in [3.63, 3.8) is 0 Å². The van der Waals surface area contributed by atoms with Crippen molar-refractivity contribution in [1.29, 1.82) is 5.26 Å². The van der Waals surface area contributed by atoms with E-state index in [9.17, 15) is 10.1 Å². The average Bonchev–Trinajstić information content (AvgIpc) is 2.62. The van der Waals surface area contributed by atoms with E-state index in [0.29, 0.717) is 5.92 Å². The lowest BCUT2D eigenvalue weighted by molar-refractivity contribution is -0.385. The zero-order chi connectivity index (χ0) is 16.2. The molecule has 0 N–H and O–H groups in total. The van der Waals surface area contributed by atoms with E-state index in [1.165, 1.54) is 11.6 Å². The first-order valence-corrected chi connectivity index (χ1v) is 7.67. The number of hydrogen-bond donors (Lipinski definition) is 0. The number of piperidine rings is 1. The number of rotatable bonds is 3. The van der Waals surface area contributed by atoms with Crippen LogP contribution in [-0.2, 0) is 0 Å². The Hall–Kier alpha value is -2.87. The van der Waals surface area contributed by atoms with Gasteiger partial charge < -0.3 is 4.90 Å². The van der Waals surface area contributed by atoms with Gasteiger partial charge in [0.25, 0.3) is 5.69 Å². The smallest absolute Gasteiger partial charge is 0.287 e. The molecule has 5 heteroatoms. The summed E-state index contributed by atoms with van der Waals surface area (Å²) in [7, 11) is 0. The summed E-state index contributed by atoms with van der Waals surface area (Å²) in [6.07, 6.45) is 2.09. The first-order chi connectivity index (χ1) is 11.2. The van der Waals surface area contributed by atoms with Gasteiger partial charge in [0.1, 0.15) is 11.6 Å². The summed E-state index contributed by atoms with van der Waals surface area (Å²) < 4.78 is 0. The fourth-order valence-electron chi connectivity index (χ4n) is 3.17. The van der Waals surface area contributed by atoms with Crippen LogP contribution < -0.4 is 4.90 Å². The Morgan fingerprint density at radius 2 is 1.83 bits per heavy atom. The SMILES string of the molecule is N#Cc1cc(N2CCC(c3ccccc3)CC2)ccc1[N+](=O)[O-]. The van der Waals surface area contributed by atoms with E-state index in [2.05, 4.69) is 29.2 Å². The zero-order valence-electron chi connectivity index (χ0n) is 12.7. The lowest BCUT2D eigenvalue weighted by Gasteiger charge is -2.34. The molecule has 1 aliphatic heterocycles. The van der Waals surface area contributed by atoms with Crippen LogP contribution in [0.1, 0.15) is 29.9 Å². The number of hydrogen-bond acceptors (Lipinski definition) is 4. The molecule has 1 saturated heterocycles. The monoisotopic (exact) mass is 307 g/mol. The van der Waals surface area contributed by atoms with Gasteiger partial charge in [-0.3, -0.25) is 10.1 Å². The molecule has 1 heterocycles. The molecule has 0 bridgehead atoms. The highest BCUT2D eigenvalue weighted by Gasteiger charge is 2.22. The molecule has 1 fully saturated rings. The average molecular weight is 307 g/mol. The maximum Gasteiger partial charge on any atom is 0.287 e. The van der Waals surface area contributed by atoms with Gasteiger partial charge >= 0.3 is 0 Å². The molecule has 0 saturated carbocycles. The third-order valence-corrected chi connectivity index (χ3v) is 4.43. The van der Waals surface area contributed by atoms with Crippen LogP contribution in [0.5, 0.6) is 0 Å². The van der Waals surface area contributed by atoms with E-state index in [4.69, 9.17) is 5.26 Å². The number of anilines is 1. The number of nitro groups is 1. The van der Waals surface area contributed by atoms with Crippen molar-refractivity contribution in [3.05, 3.63) is 69.8 Å². The molecule has 2 aromatic rings. The Bertz CT molecular complexity index is 745. The molecule has 3 rings (SSSR count). The topological polar surface area (TPSA) is 70.2 Å². The molecule has 0 atom stereocenters. The van der Waals surface area contributed by atoms with E-state index in [0.717, 1.165) is 31.6 Å². The molecule has 0 unspecified atom stereocenters. The van der Waals surface area contributed by atoms with Gasteiger partial charge in [0.05, 0.1) is 4.92 Å². The highest BCUT2D eigenvalue weighted by Crippen LogP contribution is 2.32. The standard InChI is InChI=1S/C18H17N3O2/c19-13-16-12-17(6-7-18(16)21(22)23)20-10-8-15(9-11-20)14-4-2-1-3-5-14/h1-7,12,15H,8-11H2. The molecule has 23 heavy (non-hydrogen) atoms. The van der Waals surface area contributed by atoms with Crippen molar-refractivity contribution in [3.8, 4) is 6.07 Å². The molecule has 2 aromatic carbocycles. The normalized spacial score (nSPS) is 15.2. The minimum absolute atomic E-state index is 0.123. The summed E-state index contributed by atoms with van der Waals surface area (Å²) in [6, 6.07) is 17.2. The highest BCUT2D eigenvalue weighted by atomic mass is 16.6. The highest BCUT2D eigenvalue weighted by molar-refractivity contribution is 5.60. The quantitative estimate of drug-likeness (QED) is 0.638. The molecule has 0 aromatic heterocycles. The van der Waals surface area contributed by atoms with Crippen LogP contribution in [-0.4, -0.2) is 18.0 Å². The zero-order valence-corrected chi connectivity index (χ0v) is 12.7. The van der Waals surface area contributed by atoms with Gasteiger partial charge in [-0.15, -0.1) is 0 Å². The first kappa shape index (κ1) is 15.0. The minimum Gasteiger partial charge on any atom is -0.371 e. The van der Waals surface area contributed by atoms with Gasteiger partial charge in [-0.2, -0.15) is 5.26 Å². The Morgan fingerprint density at radius 1 is 1.13 bits per heavy atom. The molecule has 0 spiro atoms. The van der Waals surface area contributed by atoms with Crippen molar-refractivity contribution in [1.82, 2.24) is 0 Å². The summed E-state index contributed by atoms with van der Waals surface area (Å²) in [5.74, 6) is 0.556. The molecule has 0 radical (unpaired) electrons. The second-order valence-electron chi connectivity index (χ2n) is 5.74. The molecular weight excluding hydrogens is 290 g/mol. The predicted molar refractivity (Wildman–Crippen MR) is 88.4 cm³/mol. The second kappa shape index (κ2) is 6.49. The van der Waals surface area contributed by atoms with Crippen LogP contribution in [0.4, 0.5) is 11.4 Å². The molecule has 1 aliphatic rings. The van der Waals surface area contributed by atoms with Crippen LogP contribution in [0.2, 0.25) is 0 Å². The summed E-state index contributed by atoms with van der Waals surface area (Å²) in [6.45, 7) is 1.78. The van der Waals surface area contributed by atoms with E-state index in [1.54, 1.807) is 12.1 Å². The summed E-state index contributed by atoms with van der Waals surface area (Å²) in [4.78, 5) is 12.6. The van der Waals surface area contributed by atoms with E-state index < -0.39 is 4.92 Å². The van der Waals surface area contributed by atoms with Gasteiger partial charge in [-0.05, 0) is 36.5 Å². The Balaban J connectivity index is 1.73. The van der Waals surface area contributed by atoms with E-state index in [1.807, 2.05) is 12.1 Å². The summed E-state index contributed by atoms with van der Waals surface area (Å²) in [5.41, 5.74) is 2.25. The van der Waals surface area contributed by atoms with Crippen LogP contribution >= 0.6 is 0 Å². The van der Waals surface area contributed by atoms with Gasteiger partial charge in [-0.25, -0.2) is 0 Å². The van der Waals surface area contributed by atoms with Gasteiger partial charge in [0.15, 0.2) is 0 Å². The van der Waals surface area contributed by atoms with Crippen molar-refractivity contribution in [2.45, 2.75) is 18.8 Å². The van der Waals surface area contributed by atoms with Gasteiger partial charge in [-0.1, -0.05) is 30.3 Å². The third kappa shape index (κ3) is 3.16. The van der Waals surface area contributed by atoms with Crippen molar-refractivity contribution < 1.29 is 4.92 Å². The van der Waals surface area contributed by atoms with Crippen molar-refractivity contribution in [2.24, 2.45) is 0 Å². The third-order valence-electron chi connectivity index (χ3n) is 4.43. The molecule has 116 valence electrons. The Labute approximate surface area is 134 Å². The fourth-order valence-corrected chi connectivity index (χ4v) is 3.17. The van der Waals surface area contributed by atoms with Crippen molar-refractivity contribution >= 4 is 11.4 Å². The van der Waals surface area contributed by atoms with E-state index in [-0.39, 0.29) is 11.3 Å². The minimum atomic E-state index is -0.510. The molecular formula is C18H17N3O2. The lowest BCUT2D eigenvalue weighted by atomic mass is 9.89. The second-order valence-corrected chi connectivity index (χ2v) is 5.74. The number of nitro benzene ring substituents is 1. The molecule has 0 amide bonds.